The number of imide groups is 1. The summed E-state index contributed by atoms with van der Waals surface area (Å²) in [4.78, 5) is 23.0. The second-order valence-corrected chi connectivity index (χ2v) is 3.41. The summed E-state index contributed by atoms with van der Waals surface area (Å²) in [6.07, 6.45) is 1.30. The number of hydrogen-bond donors (Lipinski definition) is 3. The molecular formula is C11H10N4O3. The van der Waals surface area contributed by atoms with Gasteiger partial charge in [-0.1, -0.05) is 5.16 Å². The SMILES string of the molecule is Nc1ccc(C(=O)NC(=O)Nc2ccon2)cc1. The third-order valence-electron chi connectivity index (χ3n) is 2.08. The first-order valence-electron chi connectivity index (χ1n) is 5.03. The van der Waals surface area contributed by atoms with Crippen LogP contribution in [0, 0.1) is 0 Å². The molecule has 0 unspecified atom stereocenters. The van der Waals surface area contributed by atoms with E-state index >= 15 is 0 Å². The molecule has 0 aliphatic carbocycles. The van der Waals surface area contributed by atoms with Crippen molar-refractivity contribution in [3.8, 4) is 0 Å². The lowest BCUT2D eigenvalue weighted by Gasteiger charge is -2.04. The maximum absolute atomic E-state index is 11.6. The molecule has 0 bridgehead atoms. The fourth-order valence-corrected chi connectivity index (χ4v) is 1.23. The summed E-state index contributed by atoms with van der Waals surface area (Å²) < 4.78 is 4.53. The smallest absolute Gasteiger partial charge is 0.327 e. The molecule has 0 saturated heterocycles. The Morgan fingerprint density at radius 3 is 2.50 bits per heavy atom. The first-order valence-corrected chi connectivity index (χ1v) is 5.03. The quantitative estimate of drug-likeness (QED) is 0.690. The van der Waals surface area contributed by atoms with Crippen molar-refractivity contribution in [1.82, 2.24) is 10.5 Å². The number of amides is 3. The van der Waals surface area contributed by atoms with E-state index in [1.807, 2.05) is 0 Å². The minimum Gasteiger partial charge on any atom is -0.399 e. The summed E-state index contributed by atoms with van der Waals surface area (Å²) in [6, 6.07) is 6.95. The highest BCUT2D eigenvalue weighted by Crippen LogP contribution is 2.05. The van der Waals surface area contributed by atoms with Crippen LogP contribution in [0.1, 0.15) is 10.4 Å². The van der Waals surface area contributed by atoms with Crippen LogP contribution in [-0.4, -0.2) is 17.1 Å². The average molecular weight is 246 g/mol. The van der Waals surface area contributed by atoms with Gasteiger partial charge in [0.1, 0.15) is 6.26 Å². The molecule has 0 spiro atoms. The van der Waals surface area contributed by atoms with Crippen molar-refractivity contribution in [3.63, 3.8) is 0 Å². The van der Waals surface area contributed by atoms with Gasteiger partial charge in [0.25, 0.3) is 5.91 Å². The summed E-state index contributed by atoms with van der Waals surface area (Å²) in [5, 5.41) is 7.95. The van der Waals surface area contributed by atoms with Crippen LogP contribution < -0.4 is 16.4 Å². The lowest BCUT2D eigenvalue weighted by molar-refractivity contribution is 0.0967. The van der Waals surface area contributed by atoms with Gasteiger partial charge in [-0.25, -0.2) is 4.79 Å². The molecule has 0 fully saturated rings. The Hall–Kier alpha value is -2.83. The second-order valence-electron chi connectivity index (χ2n) is 3.41. The van der Waals surface area contributed by atoms with Crippen LogP contribution in [0.2, 0.25) is 0 Å². The van der Waals surface area contributed by atoms with Gasteiger partial charge in [-0.05, 0) is 24.3 Å². The number of aromatic nitrogens is 1. The minimum absolute atomic E-state index is 0.220. The van der Waals surface area contributed by atoms with Crippen molar-refractivity contribution in [1.29, 1.82) is 0 Å². The van der Waals surface area contributed by atoms with E-state index in [0.717, 1.165) is 0 Å². The number of nitrogens with two attached hydrogens (primary N) is 1. The van der Waals surface area contributed by atoms with Gasteiger partial charge in [0, 0.05) is 17.3 Å². The minimum atomic E-state index is -0.689. The first kappa shape index (κ1) is 11.6. The first-order chi connectivity index (χ1) is 8.65. The van der Waals surface area contributed by atoms with Gasteiger partial charge in [-0.2, -0.15) is 0 Å². The summed E-state index contributed by atoms with van der Waals surface area (Å²) >= 11 is 0. The van der Waals surface area contributed by atoms with Crippen LogP contribution in [0.3, 0.4) is 0 Å². The number of carbonyl (C=O) groups excluding carboxylic acids is 2. The maximum Gasteiger partial charge on any atom is 0.327 e. The Labute approximate surface area is 102 Å². The lowest BCUT2D eigenvalue weighted by Crippen LogP contribution is -2.34. The molecule has 2 aromatic rings. The van der Waals surface area contributed by atoms with Crippen LogP contribution >= 0.6 is 0 Å². The van der Waals surface area contributed by atoms with Crippen LogP contribution in [0.4, 0.5) is 16.3 Å². The van der Waals surface area contributed by atoms with Gasteiger partial charge in [-0.15, -0.1) is 0 Å². The van der Waals surface area contributed by atoms with E-state index in [2.05, 4.69) is 20.3 Å². The molecule has 18 heavy (non-hydrogen) atoms. The number of urea groups is 1. The fraction of sp³-hybridized carbons (Fsp3) is 0. The van der Waals surface area contributed by atoms with Crippen molar-refractivity contribution in [3.05, 3.63) is 42.2 Å². The average Bonchev–Trinajstić information content (AvgIpc) is 2.82. The Bertz CT molecular complexity index is 548. The van der Waals surface area contributed by atoms with E-state index in [0.29, 0.717) is 11.3 Å². The lowest BCUT2D eigenvalue weighted by atomic mass is 10.2. The third kappa shape index (κ3) is 2.85. The summed E-state index contributed by atoms with van der Waals surface area (Å²) in [5.41, 5.74) is 6.36. The van der Waals surface area contributed by atoms with Crippen LogP contribution in [0.25, 0.3) is 0 Å². The molecule has 2 rings (SSSR count). The number of nitrogens with one attached hydrogen (secondary N) is 2. The molecule has 7 nitrogen and oxygen atoms in total. The van der Waals surface area contributed by atoms with Crippen LogP contribution in [-0.2, 0) is 0 Å². The van der Waals surface area contributed by atoms with E-state index in [4.69, 9.17) is 5.73 Å². The summed E-state index contributed by atoms with van der Waals surface area (Å²) in [6.45, 7) is 0. The number of nitrogens with zero attached hydrogens (tertiary/aromatic N) is 1. The molecule has 0 radical (unpaired) electrons. The molecule has 0 aliphatic rings. The van der Waals surface area contributed by atoms with Crippen LogP contribution in [0.15, 0.2) is 41.1 Å². The molecule has 0 saturated carbocycles. The Balaban J connectivity index is 1.95. The van der Waals surface area contributed by atoms with Crippen molar-refractivity contribution in [2.24, 2.45) is 0 Å². The molecule has 7 heteroatoms. The van der Waals surface area contributed by atoms with Crippen molar-refractivity contribution < 1.29 is 14.1 Å². The van der Waals surface area contributed by atoms with Gasteiger partial charge in [0.2, 0.25) is 0 Å². The van der Waals surface area contributed by atoms with Crippen molar-refractivity contribution in [2.75, 3.05) is 11.1 Å². The number of benzene rings is 1. The zero-order chi connectivity index (χ0) is 13.0. The molecule has 1 heterocycles. The summed E-state index contributed by atoms with van der Waals surface area (Å²) in [7, 11) is 0. The number of rotatable bonds is 2. The second kappa shape index (κ2) is 5.00. The Morgan fingerprint density at radius 2 is 1.89 bits per heavy atom. The Kier molecular flexibility index (Phi) is 3.24. The molecule has 4 N–H and O–H groups in total. The topological polar surface area (TPSA) is 110 Å². The predicted octanol–water partition coefficient (Wildman–Crippen LogP) is 1.22. The van der Waals surface area contributed by atoms with E-state index in [-0.39, 0.29) is 5.82 Å². The molecule has 0 aliphatic heterocycles. The number of anilines is 2. The Morgan fingerprint density at radius 1 is 1.17 bits per heavy atom. The van der Waals surface area contributed by atoms with Gasteiger partial charge in [-0.3, -0.25) is 15.4 Å². The number of carbonyl (C=O) groups is 2. The zero-order valence-corrected chi connectivity index (χ0v) is 9.21. The highest BCUT2D eigenvalue weighted by molar-refractivity contribution is 6.07. The monoisotopic (exact) mass is 246 g/mol. The predicted molar refractivity (Wildman–Crippen MR) is 63.8 cm³/mol. The van der Waals surface area contributed by atoms with E-state index in [1.54, 1.807) is 12.1 Å². The van der Waals surface area contributed by atoms with Crippen molar-refractivity contribution in [2.45, 2.75) is 0 Å². The molecular weight excluding hydrogens is 236 g/mol. The number of hydrogen-bond acceptors (Lipinski definition) is 5. The van der Waals surface area contributed by atoms with Crippen molar-refractivity contribution >= 4 is 23.4 Å². The van der Waals surface area contributed by atoms with E-state index in [1.165, 1.54) is 24.5 Å². The number of nitrogen functional groups attached to an aromatic ring is 1. The highest BCUT2D eigenvalue weighted by atomic mass is 16.5. The third-order valence-corrected chi connectivity index (χ3v) is 2.08. The molecule has 92 valence electrons. The molecule has 1 aromatic heterocycles. The van der Waals surface area contributed by atoms with Gasteiger partial charge in [0.15, 0.2) is 5.82 Å². The molecule has 3 amide bonds. The van der Waals surface area contributed by atoms with Crippen LogP contribution in [0.5, 0.6) is 0 Å². The van der Waals surface area contributed by atoms with Gasteiger partial charge >= 0.3 is 6.03 Å². The van der Waals surface area contributed by atoms with E-state index in [9.17, 15) is 9.59 Å². The zero-order valence-electron chi connectivity index (χ0n) is 9.21. The maximum atomic E-state index is 11.6. The largest absolute Gasteiger partial charge is 0.399 e. The molecule has 1 aromatic carbocycles. The molecule has 0 atom stereocenters. The van der Waals surface area contributed by atoms with Gasteiger partial charge in [0.05, 0.1) is 0 Å². The fourth-order valence-electron chi connectivity index (χ4n) is 1.23. The summed E-state index contributed by atoms with van der Waals surface area (Å²) in [5.74, 6) is -0.311. The van der Waals surface area contributed by atoms with Gasteiger partial charge < -0.3 is 10.3 Å². The highest BCUT2D eigenvalue weighted by Gasteiger charge is 2.10. The van der Waals surface area contributed by atoms with E-state index < -0.39 is 11.9 Å². The standard InChI is InChI=1S/C11H10N4O3/c12-8-3-1-7(2-4-8)10(16)14-11(17)13-9-5-6-18-15-9/h1-6H,12H2,(H2,13,14,15,16,17). The normalized spacial score (nSPS) is 9.78.